The average molecular weight is 922 g/mol. The van der Waals surface area contributed by atoms with E-state index in [0.717, 1.165) is 25.3 Å². The fraction of sp³-hybridized carbons (Fsp3) is 0. The lowest BCUT2D eigenvalue weighted by molar-refractivity contribution is 0.669. The Labute approximate surface area is 432 Å². The Morgan fingerprint density at radius 3 is 1.51 bits per heavy atom. The molecular formula is C63H42N4OSi. The molecule has 6 heteroatoms. The van der Waals surface area contributed by atoms with E-state index in [-0.39, 0.29) is 16.8 Å². The number of benzene rings is 10. The second-order valence-electron chi connectivity index (χ2n) is 15.7. The van der Waals surface area contributed by atoms with Gasteiger partial charge in [-0.25, -0.2) is 15.0 Å². The molecule has 69 heavy (non-hydrogen) atoms. The van der Waals surface area contributed by atoms with Gasteiger partial charge in [0.1, 0.15) is 11.2 Å². The van der Waals surface area contributed by atoms with Gasteiger partial charge in [-0.2, -0.15) is 0 Å². The van der Waals surface area contributed by atoms with Gasteiger partial charge in [0.15, 0.2) is 25.5 Å². The molecule has 0 aliphatic heterocycles. The van der Waals surface area contributed by atoms with E-state index in [2.05, 4.69) is 36.4 Å². The molecule has 13 aromatic rings. The van der Waals surface area contributed by atoms with Crippen LogP contribution in [0.5, 0.6) is 0 Å². The zero-order valence-corrected chi connectivity index (χ0v) is 36.7. The molecular weight excluding hydrogens is 857 g/mol. The van der Waals surface area contributed by atoms with Crippen LogP contribution in [0.4, 0.5) is 0 Å². The quantitative estimate of drug-likeness (QED) is 0.107. The number of aromatic nitrogens is 4. The first-order valence-corrected chi connectivity index (χ1v) is 23.5. The van der Waals surface area contributed by atoms with Gasteiger partial charge in [-0.15, -0.1) is 0 Å². The largest absolute Gasteiger partial charge is 0.456 e. The summed E-state index contributed by atoms with van der Waals surface area (Å²) in [6.45, 7) is 0. The first kappa shape index (κ1) is 23.2. The van der Waals surface area contributed by atoms with E-state index >= 15 is 0 Å². The minimum atomic E-state index is -3.23. The minimum absolute atomic E-state index is 0.185. The highest BCUT2D eigenvalue weighted by molar-refractivity contribution is 7.19. The smallest absolute Gasteiger partial charge is 0.179 e. The zero-order chi connectivity index (χ0) is 65.7. The molecule has 0 N–H and O–H groups in total. The van der Waals surface area contributed by atoms with Crippen molar-refractivity contribution in [2.24, 2.45) is 0 Å². The molecule has 10 aromatic carbocycles. The van der Waals surface area contributed by atoms with Crippen molar-refractivity contribution in [2.75, 3.05) is 0 Å². The number of furan rings is 1. The van der Waals surface area contributed by atoms with Gasteiger partial charge in [0.25, 0.3) is 0 Å². The van der Waals surface area contributed by atoms with Gasteiger partial charge < -0.3 is 8.98 Å². The van der Waals surface area contributed by atoms with Crippen LogP contribution in [0, 0.1) is 0 Å². The lowest BCUT2D eigenvalue weighted by atomic mass is 9.97. The Morgan fingerprint density at radius 1 is 0.362 bits per heavy atom. The Kier molecular flexibility index (Phi) is 5.61. The number of nitrogens with zero attached hydrogens (tertiary/aromatic N) is 4. The van der Waals surface area contributed by atoms with Crippen molar-refractivity contribution in [2.45, 2.75) is 0 Å². The molecule has 0 bridgehead atoms. The Bertz CT molecular complexity index is 5210. The summed E-state index contributed by atoms with van der Waals surface area (Å²) in [5.74, 6) is -1.67. The molecule has 0 aliphatic rings. The maximum Gasteiger partial charge on any atom is 0.179 e. The lowest BCUT2D eigenvalue weighted by Crippen LogP contribution is -2.74. The Morgan fingerprint density at radius 2 is 0.870 bits per heavy atom. The number of para-hydroxylation sites is 3. The van der Waals surface area contributed by atoms with E-state index in [0.29, 0.717) is 0 Å². The fourth-order valence-electron chi connectivity index (χ4n) is 8.96. The van der Waals surface area contributed by atoms with Crippen LogP contribution in [0.25, 0.3) is 94.7 Å². The van der Waals surface area contributed by atoms with Gasteiger partial charge >= 0.3 is 0 Å². The molecule has 0 amide bonds. The Balaban J connectivity index is 1.16. The predicted molar refractivity (Wildman–Crippen MR) is 287 cm³/mol. The van der Waals surface area contributed by atoms with Crippen LogP contribution in [0.15, 0.2) is 259 Å². The van der Waals surface area contributed by atoms with Gasteiger partial charge in [0.05, 0.1) is 42.6 Å². The highest BCUT2D eigenvalue weighted by Gasteiger charge is 2.41. The fourth-order valence-corrected chi connectivity index (χ4v) is 13.7. The predicted octanol–water partition coefficient (Wildman–Crippen LogP) is 12.9. The highest BCUT2D eigenvalue weighted by atomic mass is 28.3. The van der Waals surface area contributed by atoms with Gasteiger partial charge in [-0.1, -0.05) is 212 Å². The van der Waals surface area contributed by atoms with Crippen LogP contribution in [0.1, 0.15) is 31.5 Å². The van der Waals surface area contributed by atoms with E-state index in [1.54, 1.807) is 12.1 Å². The van der Waals surface area contributed by atoms with Crippen LogP contribution in [0.2, 0.25) is 0 Å². The maximum atomic E-state index is 10.1. The number of hydrogen-bond acceptors (Lipinski definition) is 4. The second kappa shape index (κ2) is 16.7. The molecule has 0 fully saturated rings. The van der Waals surface area contributed by atoms with Crippen LogP contribution in [-0.2, 0) is 0 Å². The SMILES string of the molecule is [2H]c1c([2H])c([2H])c(-c2c([2H])c([2H])c3oc4c([2H])c([2H])c([2H])c([2H])c4c3c2[2H])c(-c2nc(-c3ccc([Si](c4ccccc4)(c4ccccc4)c4ccccc4)cc3)nc(-c3c([2H])c([2H])c([2H])c(-n4c5c([2H])c([2H])c([2H])c([2H])c5c5c([2H])c([2H])c([2H])c([2H])c54)c3[2H])n2)c1[2H]. The third-order valence-corrected chi connectivity index (χ3v) is 16.8. The topological polar surface area (TPSA) is 56.7 Å². The van der Waals surface area contributed by atoms with Crippen molar-refractivity contribution in [1.82, 2.24) is 19.5 Å². The summed E-state index contributed by atoms with van der Waals surface area (Å²) in [4.78, 5) is 14.4. The summed E-state index contributed by atoms with van der Waals surface area (Å²) in [6, 6.07) is 18.2. The molecule has 0 aliphatic carbocycles. The van der Waals surface area contributed by atoms with E-state index in [4.69, 9.17) is 35.8 Å². The van der Waals surface area contributed by atoms with Crippen LogP contribution in [0.3, 0.4) is 0 Å². The molecule has 324 valence electrons. The van der Waals surface area contributed by atoms with Crippen molar-refractivity contribution >= 4 is 72.6 Å². The van der Waals surface area contributed by atoms with Crippen molar-refractivity contribution in [3.63, 3.8) is 0 Å². The minimum Gasteiger partial charge on any atom is -0.456 e. The summed E-state index contributed by atoms with van der Waals surface area (Å²) in [7, 11) is -3.23. The molecule has 3 aromatic heterocycles. The summed E-state index contributed by atoms with van der Waals surface area (Å²) in [5.41, 5.74) is -5.19. The zero-order valence-electron chi connectivity index (χ0n) is 58.7. The summed E-state index contributed by atoms with van der Waals surface area (Å²) < 4.78 is 217. The third-order valence-electron chi connectivity index (χ3n) is 12.0. The number of fused-ring (bicyclic) bond motifs is 6. The molecule has 0 atom stereocenters. The van der Waals surface area contributed by atoms with E-state index in [9.17, 15) is 15.1 Å². The average Bonchev–Trinajstić information content (AvgIpc) is 1.45. The van der Waals surface area contributed by atoms with E-state index in [1.807, 2.05) is 66.7 Å². The molecule has 3 heterocycles. The first-order valence-electron chi connectivity index (χ1n) is 33.0. The van der Waals surface area contributed by atoms with Crippen molar-refractivity contribution in [1.29, 1.82) is 0 Å². The van der Waals surface area contributed by atoms with Gasteiger partial charge in [0.2, 0.25) is 0 Å². The summed E-state index contributed by atoms with van der Waals surface area (Å²) in [6.07, 6.45) is 0. The molecule has 0 spiro atoms. The van der Waals surface area contributed by atoms with Gasteiger partial charge in [-0.05, 0) is 74.2 Å². The van der Waals surface area contributed by atoms with Gasteiger partial charge in [0, 0.05) is 43.9 Å². The van der Waals surface area contributed by atoms with Crippen LogP contribution < -0.4 is 20.7 Å². The first-order chi connectivity index (χ1) is 43.8. The highest BCUT2D eigenvalue weighted by Crippen LogP contribution is 2.38. The molecule has 0 saturated carbocycles. The number of hydrogen-bond donors (Lipinski definition) is 0. The summed E-state index contributed by atoms with van der Waals surface area (Å²) >= 11 is 0. The monoisotopic (exact) mass is 921 g/mol. The van der Waals surface area contributed by atoms with E-state index in [1.165, 1.54) is 0 Å². The van der Waals surface area contributed by atoms with Crippen LogP contribution >= 0.6 is 0 Å². The second-order valence-corrected chi connectivity index (χ2v) is 19.6. The van der Waals surface area contributed by atoms with Crippen molar-refractivity contribution in [3.05, 3.63) is 254 Å². The molecule has 13 rings (SSSR count). The van der Waals surface area contributed by atoms with Gasteiger partial charge in [-0.3, -0.25) is 0 Å². The molecule has 5 nitrogen and oxygen atoms in total. The molecule has 0 radical (unpaired) electrons. The lowest BCUT2D eigenvalue weighted by Gasteiger charge is -2.34. The third kappa shape index (κ3) is 6.80. The normalized spacial score (nSPS) is 16.4. The molecule has 0 saturated heterocycles. The van der Waals surface area contributed by atoms with Crippen molar-refractivity contribution < 1.29 is 35.9 Å². The van der Waals surface area contributed by atoms with Crippen LogP contribution in [-0.4, -0.2) is 27.6 Å². The van der Waals surface area contributed by atoms with E-state index < -0.39 is 225 Å². The maximum absolute atomic E-state index is 10.1. The van der Waals surface area contributed by atoms with Crippen molar-refractivity contribution in [3.8, 4) is 51.0 Å². The summed E-state index contributed by atoms with van der Waals surface area (Å²) in [5, 5.41) is 2.31. The molecule has 0 unspecified atom stereocenters. The number of rotatable bonds is 9. The standard InChI is InChI=1S/C63H42N4OSi/c1-4-21-47(22-5-1)69(48-23-6-2-7-24-48,49-25-8-3-9-26-49)50-38-35-43(36-39-50)61-64-62(45-19-18-20-46(41-45)67-57-32-15-12-28-52(57)53-29-13-16-33-58(53)67)66-63(65-61)55-31-11-10-27-51(55)44-37-40-60-56(42-44)54-30-14-17-34-59(54)68-60/h1-42H/i10D,11D,12D,13D,14D,15D,16D,17D,18D,19D,20D,27D,28D,29D,30D,31D,32D,33D,34D,37D,40D,41D,42D. The Hall–Kier alpha value is -8.97.